The van der Waals surface area contributed by atoms with E-state index >= 15 is 0 Å². The fourth-order valence-electron chi connectivity index (χ4n) is 2.74. The van der Waals surface area contributed by atoms with E-state index < -0.39 is 5.97 Å². The molecule has 2 N–H and O–H groups in total. The highest BCUT2D eigenvalue weighted by molar-refractivity contribution is 7.18. The van der Waals surface area contributed by atoms with E-state index in [9.17, 15) is 9.59 Å². The fourth-order valence-corrected chi connectivity index (χ4v) is 4.14. The van der Waals surface area contributed by atoms with Gasteiger partial charge < -0.3 is 10.1 Å². The SMILES string of the molecule is CC1CCc2c(sc3nc(CCC(=O)O)[nH]c(=O)c23)C1. The third-order valence-corrected chi connectivity index (χ3v) is 4.94. The number of nitrogens with one attached hydrogen (secondary N) is 1. The van der Waals surface area contributed by atoms with Gasteiger partial charge in [0.05, 0.1) is 11.8 Å². The highest BCUT2D eigenvalue weighted by Gasteiger charge is 2.22. The van der Waals surface area contributed by atoms with Crippen LogP contribution in [-0.4, -0.2) is 21.0 Å². The van der Waals surface area contributed by atoms with Gasteiger partial charge in [-0.15, -0.1) is 11.3 Å². The van der Waals surface area contributed by atoms with Gasteiger partial charge in [0, 0.05) is 11.3 Å². The molecule has 2 aromatic rings. The number of hydrogen-bond acceptors (Lipinski definition) is 4. The number of hydrogen-bond donors (Lipinski definition) is 2. The second-order valence-electron chi connectivity index (χ2n) is 5.44. The summed E-state index contributed by atoms with van der Waals surface area (Å²) in [7, 11) is 0. The molecule has 0 radical (unpaired) electrons. The molecular formula is C14H16N2O3S. The number of H-pyrrole nitrogens is 1. The van der Waals surface area contributed by atoms with Crippen molar-refractivity contribution in [2.45, 2.75) is 39.0 Å². The maximum atomic E-state index is 12.2. The Morgan fingerprint density at radius 2 is 2.35 bits per heavy atom. The monoisotopic (exact) mass is 292 g/mol. The van der Waals surface area contributed by atoms with Crippen LogP contribution in [0, 0.1) is 5.92 Å². The van der Waals surface area contributed by atoms with Crippen molar-refractivity contribution in [3.63, 3.8) is 0 Å². The summed E-state index contributed by atoms with van der Waals surface area (Å²) in [4.78, 5) is 32.0. The number of thiophene rings is 1. The van der Waals surface area contributed by atoms with Crippen molar-refractivity contribution in [2.75, 3.05) is 0 Å². The molecule has 3 rings (SSSR count). The zero-order valence-electron chi connectivity index (χ0n) is 11.2. The topological polar surface area (TPSA) is 83.0 Å². The Bertz CT molecular complexity index is 732. The summed E-state index contributed by atoms with van der Waals surface area (Å²) >= 11 is 1.59. The van der Waals surface area contributed by atoms with E-state index in [0.29, 0.717) is 11.7 Å². The molecule has 1 unspecified atom stereocenters. The predicted molar refractivity (Wildman–Crippen MR) is 77.4 cm³/mol. The van der Waals surface area contributed by atoms with Crippen molar-refractivity contribution in [1.82, 2.24) is 9.97 Å². The van der Waals surface area contributed by atoms with Gasteiger partial charge in [-0.2, -0.15) is 0 Å². The minimum Gasteiger partial charge on any atom is -0.481 e. The normalized spacial score (nSPS) is 18.1. The average molecular weight is 292 g/mol. The lowest BCUT2D eigenvalue weighted by Crippen LogP contribution is -2.15. The summed E-state index contributed by atoms with van der Waals surface area (Å²) in [6, 6.07) is 0. The fraction of sp³-hybridized carbons (Fsp3) is 0.500. The molecule has 0 aliphatic heterocycles. The molecule has 2 aromatic heterocycles. The summed E-state index contributed by atoms with van der Waals surface area (Å²) in [6.45, 7) is 2.23. The van der Waals surface area contributed by atoms with E-state index in [-0.39, 0.29) is 18.4 Å². The zero-order chi connectivity index (χ0) is 14.3. The number of aromatic amines is 1. The summed E-state index contributed by atoms with van der Waals surface area (Å²) in [5.41, 5.74) is 1.03. The van der Waals surface area contributed by atoms with Crippen molar-refractivity contribution in [3.05, 3.63) is 26.6 Å². The van der Waals surface area contributed by atoms with Crippen LogP contribution in [0.3, 0.4) is 0 Å². The van der Waals surface area contributed by atoms with Gasteiger partial charge in [0.25, 0.3) is 5.56 Å². The Hall–Kier alpha value is -1.69. The van der Waals surface area contributed by atoms with Crippen LogP contribution in [-0.2, 0) is 24.1 Å². The number of rotatable bonds is 3. The van der Waals surface area contributed by atoms with Crippen LogP contribution in [0.1, 0.15) is 36.0 Å². The molecule has 1 aliphatic carbocycles. The second kappa shape index (κ2) is 5.01. The lowest BCUT2D eigenvalue weighted by Gasteiger charge is -2.17. The lowest BCUT2D eigenvalue weighted by atomic mass is 9.89. The maximum Gasteiger partial charge on any atom is 0.303 e. The molecule has 106 valence electrons. The van der Waals surface area contributed by atoms with E-state index in [1.165, 1.54) is 4.88 Å². The Kier molecular flexibility index (Phi) is 3.33. The quantitative estimate of drug-likeness (QED) is 0.907. The van der Waals surface area contributed by atoms with E-state index in [1.807, 2.05) is 0 Å². The largest absolute Gasteiger partial charge is 0.481 e. The van der Waals surface area contributed by atoms with Gasteiger partial charge in [-0.05, 0) is 30.7 Å². The van der Waals surface area contributed by atoms with Crippen LogP contribution in [0.4, 0.5) is 0 Å². The van der Waals surface area contributed by atoms with Gasteiger partial charge in [-0.25, -0.2) is 4.98 Å². The molecule has 1 atom stereocenters. The van der Waals surface area contributed by atoms with Gasteiger partial charge in [0.15, 0.2) is 0 Å². The van der Waals surface area contributed by atoms with Crippen LogP contribution in [0.15, 0.2) is 4.79 Å². The summed E-state index contributed by atoms with van der Waals surface area (Å²) in [6.07, 6.45) is 3.31. The van der Waals surface area contributed by atoms with Gasteiger partial charge >= 0.3 is 5.97 Å². The Morgan fingerprint density at radius 3 is 3.10 bits per heavy atom. The minimum absolute atomic E-state index is 0.0173. The van der Waals surface area contributed by atoms with Crippen LogP contribution in [0.5, 0.6) is 0 Å². The first-order valence-corrected chi connectivity index (χ1v) is 7.61. The first-order valence-electron chi connectivity index (χ1n) is 6.80. The zero-order valence-corrected chi connectivity index (χ0v) is 12.0. The third-order valence-electron chi connectivity index (χ3n) is 3.79. The first kappa shape index (κ1) is 13.3. The molecule has 0 saturated carbocycles. The van der Waals surface area contributed by atoms with Gasteiger partial charge in [0.1, 0.15) is 10.7 Å². The number of fused-ring (bicyclic) bond motifs is 3. The predicted octanol–water partition coefficient (Wildman–Crippen LogP) is 2.13. The molecule has 6 heteroatoms. The molecule has 0 bridgehead atoms. The molecule has 0 amide bonds. The number of carboxylic acid groups (broad SMARTS) is 1. The Labute approximate surface area is 119 Å². The van der Waals surface area contributed by atoms with Crippen LogP contribution >= 0.6 is 11.3 Å². The van der Waals surface area contributed by atoms with Crippen LogP contribution < -0.4 is 5.56 Å². The second-order valence-corrected chi connectivity index (χ2v) is 6.52. The van der Waals surface area contributed by atoms with Gasteiger partial charge in [0.2, 0.25) is 0 Å². The number of aliphatic carboxylic acids is 1. The van der Waals surface area contributed by atoms with Crippen molar-refractivity contribution in [2.24, 2.45) is 5.92 Å². The first-order chi connectivity index (χ1) is 9.54. The highest BCUT2D eigenvalue weighted by Crippen LogP contribution is 2.35. The highest BCUT2D eigenvalue weighted by atomic mass is 32.1. The number of carboxylic acids is 1. The molecule has 0 spiro atoms. The molecule has 1 aliphatic rings. The average Bonchev–Trinajstić information content (AvgIpc) is 2.73. The van der Waals surface area contributed by atoms with E-state index in [2.05, 4.69) is 16.9 Å². The summed E-state index contributed by atoms with van der Waals surface area (Å²) < 4.78 is 0. The Morgan fingerprint density at radius 1 is 1.55 bits per heavy atom. The van der Waals surface area contributed by atoms with E-state index in [1.54, 1.807) is 11.3 Å². The minimum atomic E-state index is -0.882. The van der Waals surface area contributed by atoms with E-state index in [4.69, 9.17) is 5.11 Å². The molecular weight excluding hydrogens is 276 g/mol. The standard InChI is InChI=1S/C14H16N2O3S/c1-7-2-3-8-9(6-7)20-14-12(8)13(19)15-10(16-14)4-5-11(17)18/h7H,2-6H2,1H3,(H,17,18)(H,15,16,19). The molecule has 0 saturated heterocycles. The Balaban J connectivity index is 2.05. The van der Waals surface area contributed by atoms with Crippen molar-refractivity contribution < 1.29 is 9.90 Å². The number of aromatic nitrogens is 2. The summed E-state index contributed by atoms with van der Waals surface area (Å²) in [5.74, 6) is 0.240. The van der Waals surface area contributed by atoms with Crippen molar-refractivity contribution in [3.8, 4) is 0 Å². The number of carbonyl (C=O) groups is 1. The molecule has 0 aromatic carbocycles. The smallest absolute Gasteiger partial charge is 0.303 e. The van der Waals surface area contributed by atoms with E-state index in [0.717, 1.165) is 35.0 Å². The number of aryl methyl sites for hydroxylation is 2. The molecule has 2 heterocycles. The van der Waals surface area contributed by atoms with Crippen LogP contribution in [0.25, 0.3) is 10.2 Å². The van der Waals surface area contributed by atoms with Gasteiger partial charge in [-0.3, -0.25) is 9.59 Å². The molecule has 0 fully saturated rings. The van der Waals surface area contributed by atoms with Crippen molar-refractivity contribution >= 4 is 27.5 Å². The van der Waals surface area contributed by atoms with Crippen molar-refractivity contribution in [1.29, 1.82) is 0 Å². The number of nitrogens with zero attached hydrogens (tertiary/aromatic N) is 1. The van der Waals surface area contributed by atoms with Crippen LogP contribution in [0.2, 0.25) is 0 Å². The third kappa shape index (κ3) is 2.35. The molecule has 20 heavy (non-hydrogen) atoms. The molecule has 5 nitrogen and oxygen atoms in total. The van der Waals surface area contributed by atoms with Gasteiger partial charge in [-0.1, -0.05) is 6.92 Å². The maximum absolute atomic E-state index is 12.2. The summed E-state index contributed by atoms with van der Waals surface area (Å²) in [5, 5.41) is 9.42. The lowest BCUT2D eigenvalue weighted by molar-refractivity contribution is -0.137.